The molecule has 0 spiro atoms. The van der Waals surface area contributed by atoms with E-state index in [-0.39, 0.29) is 12.5 Å². The third-order valence-corrected chi connectivity index (χ3v) is 2.11. The van der Waals surface area contributed by atoms with Crippen LogP contribution in [0.15, 0.2) is 18.2 Å². The summed E-state index contributed by atoms with van der Waals surface area (Å²) in [6.07, 6.45) is 0. The number of halogens is 1. The minimum atomic E-state index is -0.322. The highest BCUT2D eigenvalue weighted by Crippen LogP contribution is 2.26. The zero-order chi connectivity index (χ0) is 11.3. The second kappa shape index (κ2) is 5.46. The predicted molar refractivity (Wildman–Crippen MR) is 61.0 cm³/mol. The first-order valence-corrected chi connectivity index (χ1v) is 4.96. The summed E-state index contributed by atoms with van der Waals surface area (Å²) in [4.78, 5) is 11.1. The number of carbonyl (C=O) groups excluding carboxylic acids is 1. The molecule has 0 bridgehead atoms. The summed E-state index contributed by atoms with van der Waals surface area (Å²) in [7, 11) is 0. The Morgan fingerprint density at radius 3 is 3.00 bits per heavy atom. The van der Waals surface area contributed by atoms with Gasteiger partial charge in [0.2, 0.25) is 0 Å². The second-order valence-electron chi connectivity index (χ2n) is 2.86. The first-order valence-electron chi connectivity index (χ1n) is 4.58. The van der Waals surface area contributed by atoms with Gasteiger partial charge in [-0.2, -0.15) is 0 Å². The molecule has 1 aromatic rings. The number of nitrogen functional groups attached to an aromatic ring is 1. The molecule has 0 aromatic heterocycles. The summed E-state index contributed by atoms with van der Waals surface area (Å²) in [6.45, 7) is 2.20. The normalized spacial score (nSPS) is 9.73. The van der Waals surface area contributed by atoms with Gasteiger partial charge in [0.1, 0.15) is 6.54 Å². The van der Waals surface area contributed by atoms with Crippen molar-refractivity contribution in [1.29, 1.82) is 0 Å². The number of rotatable bonds is 4. The summed E-state index contributed by atoms with van der Waals surface area (Å²) in [5, 5.41) is 3.32. The van der Waals surface area contributed by atoms with Gasteiger partial charge in [0, 0.05) is 0 Å². The summed E-state index contributed by atoms with van der Waals surface area (Å²) in [5.41, 5.74) is 6.76. The smallest absolute Gasteiger partial charge is 0.325 e. The van der Waals surface area contributed by atoms with Gasteiger partial charge in [0.05, 0.1) is 23.0 Å². The van der Waals surface area contributed by atoms with Crippen molar-refractivity contribution in [3.63, 3.8) is 0 Å². The van der Waals surface area contributed by atoms with E-state index in [1.807, 2.05) is 0 Å². The Balaban J connectivity index is 2.58. The van der Waals surface area contributed by atoms with Crippen molar-refractivity contribution in [1.82, 2.24) is 0 Å². The van der Waals surface area contributed by atoms with Crippen LogP contribution in [-0.4, -0.2) is 19.1 Å². The van der Waals surface area contributed by atoms with Crippen LogP contribution in [0.3, 0.4) is 0 Å². The molecule has 0 aliphatic rings. The van der Waals surface area contributed by atoms with Gasteiger partial charge >= 0.3 is 5.97 Å². The molecule has 5 heteroatoms. The first-order chi connectivity index (χ1) is 7.15. The molecule has 0 unspecified atom stereocenters. The number of para-hydroxylation sites is 1. The molecule has 0 saturated carbocycles. The van der Waals surface area contributed by atoms with Crippen LogP contribution >= 0.6 is 11.6 Å². The lowest BCUT2D eigenvalue weighted by Gasteiger charge is -2.09. The number of benzene rings is 1. The van der Waals surface area contributed by atoms with E-state index in [1.54, 1.807) is 25.1 Å². The Labute approximate surface area is 93.4 Å². The maximum Gasteiger partial charge on any atom is 0.325 e. The van der Waals surface area contributed by atoms with Crippen LogP contribution in [0, 0.1) is 0 Å². The number of esters is 1. The van der Waals surface area contributed by atoms with E-state index in [1.165, 1.54) is 0 Å². The molecule has 0 saturated heterocycles. The highest BCUT2D eigenvalue weighted by Gasteiger charge is 2.05. The Hall–Kier alpha value is -1.42. The maximum absolute atomic E-state index is 11.1. The summed E-state index contributed by atoms with van der Waals surface area (Å²) in [5.74, 6) is -0.322. The molecular formula is C10H13ClN2O2. The standard InChI is InChI=1S/C10H13ClN2O2/c1-2-15-9(14)6-13-8-5-3-4-7(11)10(8)12/h3-5,13H,2,6,12H2,1H3. The van der Waals surface area contributed by atoms with Crippen molar-refractivity contribution in [2.45, 2.75) is 6.92 Å². The molecule has 3 N–H and O–H groups in total. The zero-order valence-corrected chi connectivity index (χ0v) is 9.17. The fraction of sp³-hybridized carbons (Fsp3) is 0.300. The van der Waals surface area contributed by atoms with Gasteiger partial charge in [-0.15, -0.1) is 0 Å². The molecular weight excluding hydrogens is 216 g/mol. The van der Waals surface area contributed by atoms with Gasteiger partial charge < -0.3 is 15.8 Å². The number of carbonyl (C=O) groups is 1. The summed E-state index contributed by atoms with van der Waals surface area (Å²) < 4.78 is 4.76. The molecule has 0 radical (unpaired) electrons. The van der Waals surface area contributed by atoms with E-state index in [0.29, 0.717) is 23.0 Å². The third kappa shape index (κ3) is 3.32. The topological polar surface area (TPSA) is 64.3 Å². The van der Waals surface area contributed by atoms with E-state index in [2.05, 4.69) is 5.32 Å². The maximum atomic E-state index is 11.1. The third-order valence-electron chi connectivity index (χ3n) is 1.78. The van der Waals surface area contributed by atoms with Crippen LogP contribution < -0.4 is 11.1 Å². The Morgan fingerprint density at radius 1 is 1.60 bits per heavy atom. The van der Waals surface area contributed by atoms with Crippen molar-refractivity contribution in [2.75, 3.05) is 24.2 Å². The largest absolute Gasteiger partial charge is 0.465 e. The number of ether oxygens (including phenoxy) is 1. The van der Waals surface area contributed by atoms with Crippen LogP contribution in [0.2, 0.25) is 5.02 Å². The van der Waals surface area contributed by atoms with Gasteiger partial charge in [-0.3, -0.25) is 4.79 Å². The van der Waals surface area contributed by atoms with Crippen LogP contribution in [0.1, 0.15) is 6.92 Å². The van der Waals surface area contributed by atoms with Gasteiger partial charge in [-0.1, -0.05) is 17.7 Å². The minimum absolute atomic E-state index is 0.0817. The highest BCUT2D eigenvalue weighted by molar-refractivity contribution is 6.33. The monoisotopic (exact) mass is 228 g/mol. The lowest BCUT2D eigenvalue weighted by atomic mass is 10.2. The number of nitrogens with one attached hydrogen (secondary N) is 1. The van der Waals surface area contributed by atoms with Gasteiger partial charge in [-0.05, 0) is 19.1 Å². The number of hydrogen-bond donors (Lipinski definition) is 2. The fourth-order valence-corrected chi connectivity index (χ4v) is 1.25. The molecule has 0 heterocycles. The van der Waals surface area contributed by atoms with Gasteiger partial charge in [0.25, 0.3) is 0 Å². The lowest BCUT2D eigenvalue weighted by Crippen LogP contribution is -2.17. The fourth-order valence-electron chi connectivity index (χ4n) is 1.07. The van der Waals surface area contributed by atoms with Crippen LogP contribution in [0.4, 0.5) is 11.4 Å². The SMILES string of the molecule is CCOC(=O)CNc1cccc(Cl)c1N. The lowest BCUT2D eigenvalue weighted by molar-refractivity contribution is -0.140. The molecule has 0 aliphatic carbocycles. The zero-order valence-electron chi connectivity index (χ0n) is 8.42. The molecule has 82 valence electrons. The van der Waals surface area contributed by atoms with E-state index < -0.39 is 0 Å². The number of nitrogens with two attached hydrogens (primary N) is 1. The van der Waals surface area contributed by atoms with E-state index >= 15 is 0 Å². The van der Waals surface area contributed by atoms with Gasteiger partial charge in [0.15, 0.2) is 0 Å². The average molecular weight is 229 g/mol. The first kappa shape index (κ1) is 11.7. The van der Waals surface area contributed by atoms with Crippen LogP contribution in [0.25, 0.3) is 0 Å². The summed E-state index contributed by atoms with van der Waals surface area (Å²) in [6, 6.07) is 5.19. The Bertz CT molecular complexity index is 355. The van der Waals surface area contributed by atoms with Crippen molar-refractivity contribution < 1.29 is 9.53 Å². The minimum Gasteiger partial charge on any atom is -0.465 e. The van der Waals surface area contributed by atoms with Crippen molar-refractivity contribution in [2.24, 2.45) is 0 Å². The quantitative estimate of drug-likeness (QED) is 0.610. The molecule has 0 atom stereocenters. The second-order valence-corrected chi connectivity index (χ2v) is 3.27. The predicted octanol–water partition coefficient (Wildman–Crippen LogP) is 1.90. The number of anilines is 2. The molecule has 1 rings (SSSR count). The Morgan fingerprint density at radius 2 is 2.33 bits per heavy atom. The van der Waals surface area contributed by atoms with Gasteiger partial charge in [-0.25, -0.2) is 0 Å². The van der Waals surface area contributed by atoms with Crippen LogP contribution in [0.5, 0.6) is 0 Å². The van der Waals surface area contributed by atoms with Crippen molar-refractivity contribution in [3.8, 4) is 0 Å². The molecule has 0 fully saturated rings. The molecule has 0 amide bonds. The Kier molecular flexibility index (Phi) is 4.24. The van der Waals surface area contributed by atoms with Crippen LogP contribution in [-0.2, 0) is 9.53 Å². The highest BCUT2D eigenvalue weighted by atomic mass is 35.5. The molecule has 15 heavy (non-hydrogen) atoms. The van der Waals surface area contributed by atoms with E-state index in [9.17, 15) is 4.79 Å². The molecule has 4 nitrogen and oxygen atoms in total. The van der Waals surface area contributed by atoms with E-state index in [4.69, 9.17) is 22.1 Å². The molecule has 1 aromatic carbocycles. The van der Waals surface area contributed by atoms with E-state index in [0.717, 1.165) is 0 Å². The number of hydrogen-bond acceptors (Lipinski definition) is 4. The molecule has 0 aliphatic heterocycles. The van der Waals surface area contributed by atoms with Crippen molar-refractivity contribution in [3.05, 3.63) is 23.2 Å². The average Bonchev–Trinajstić information content (AvgIpc) is 2.21. The summed E-state index contributed by atoms with van der Waals surface area (Å²) >= 11 is 5.81. The van der Waals surface area contributed by atoms with Crippen molar-refractivity contribution >= 4 is 28.9 Å².